The average molecular weight is 256 g/mol. The number of benzene rings is 1. The first-order valence-corrected chi connectivity index (χ1v) is 7.18. The Labute approximate surface area is 116 Å². The van der Waals surface area contributed by atoms with Gasteiger partial charge in [0.25, 0.3) is 0 Å². The lowest BCUT2D eigenvalue weighted by atomic mass is 10.00. The van der Waals surface area contributed by atoms with Crippen LogP contribution in [0, 0.1) is 13.8 Å². The molecule has 0 aliphatic carbocycles. The lowest BCUT2D eigenvalue weighted by molar-refractivity contribution is 0.671. The van der Waals surface area contributed by atoms with Crippen molar-refractivity contribution in [3.05, 3.63) is 53.1 Å². The summed E-state index contributed by atoms with van der Waals surface area (Å²) in [6.07, 6.45) is 10.1. The van der Waals surface area contributed by atoms with E-state index in [1.54, 1.807) is 0 Å². The summed E-state index contributed by atoms with van der Waals surface area (Å²) in [5.41, 5.74) is 5.51. The molecule has 0 radical (unpaired) electrons. The van der Waals surface area contributed by atoms with Gasteiger partial charge in [-0.3, -0.25) is 0 Å². The summed E-state index contributed by atoms with van der Waals surface area (Å²) in [6.45, 7) is 4.37. The van der Waals surface area contributed by atoms with Gasteiger partial charge in [0, 0.05) is 13.2 Å². The smallest absolute Gasteiger partial charge is 0.0946 e. The third kappa shape index (κ3) is 4.23. The highest BCUT2D eigenvalue weighted by molar-refractivity contribution is 5.30. The maximum Gasteiger partial charge on any atom is 0.0946 e. The number of aromatic nitrogens is 2. The minimum absolute atomic E-state index is 1.10. The highest BCUT2D eigenvalue weighted by Gasteiger charge is 2.00. The molecule has 0 spiro atoms. The van der Waals surface area contributed by atoms with Crippen LogP contribution in [-0.2, 0) is 19.9 Å². The minimum Gasteiger partial charge on any atom is -0.340 e. The third-order valence-electron chi connectivity index (χ3n) is 3.64. The van der Waals surface area contributed by atoms with Crippen molar-refractivity contribution < 1.29 is 0 Å². The standard InChI is InChI=1S/C17H24N2/c1-14-9-10-16(15(2)11-14)7-5-4-6-8-17-12-19(3)13-18-17/h9-13H,4-8H2,1-3H3. The van der Waals surface area contributed by atoms with Crippen molar-refractivity contribution in [3.8, 4) is 0 Å². The van der Waals surface area contributed by atoms with Gasteiger partial charge in [0.05, 0.1) is 12.0 Å². The fourth-order valence-electron chi connectivity index (χ4n) is 2.52. The van der Waals surface area contributed by atoms with Crippen LogP contribution in [0.15, 0.2) is 30.7 Å². The van der Waals surface area contributed by atoms with Gasteiger partial charge in [-0.25, -0.2) is 4.98 Å². The Bertz CT molecular complexity index is 526. The molecule has 0 N–H and O–H groups in total. The van der Waals surface area contributed by atoms with Gasteiger partial charge in [-0.15, -0.1) is 0 Å². The molecule has 0 fully saturated rings. The van der Waals surface area contributed by atoms with Crippen molar-refractivity contribution in [3.63, 3.8) is 0 Å². The van der Waals surface area contributed by atoms with Crippen molar-refractivity contribution in [2.75, 3.05) is 0 Å². The Kier molecular flexibility index (Phi) is 4.78. The summed E-state index contributed by atoms with van der Waals surface area (Å²) < 4.78 is 2.02. The first-order chi connectivity index (χ1) is 9.15. The van der Waals surface area contributed by atoms with Gasteiger partial charge in [0.1, 0.15) is 0 Å². The van der Waals surface area contributed by atoms with Crippen LogP contribution in [-0.4, -0.2) is 9.55 Å². The van der Waals surface area contributed by atoms with Gasteiger partial charge in [-0.05, 0) is 50.7 Å². The van der Waals surface area contributed by atoms with Crippen LogP contribution in [0.3, 0.4) is 0 Å². The van der Waals surface area contributed by atoms with Crippen LogP contribution < -0.4 is 0 Å². The van der Waals surface area contributed by atoms with Crippen molar-refractivity contribution in [1.82, 2.24) is 9.55 Å². The van der Waals surface area contributed by atoms with E-state index in [9.17, 15) is 0 Å². The predicted molar refractivity (Wildman–Crippen MR) is 80.4 cm³/mol. The molecule has 2 aromatic rings. The molecule has 19 heavy (non-hydrogen) atoms. The largest absolute Gasteiger partial charge is 0.340 e. The van der Waals surface area contributed by atoms with Crippen molar-refractivity contribution in [2.24, 2.45) is 7.05 Å². The van der Waals surface area contributed by atoms with Gasteiger partial charge in [0.2, 0.25) is 0 Å². The number of rotatable bonds is 6. The van der Waals surface area contributed by atoms with Gasteiger partial charge in [0.15, 0.2) is 0 Å². The van der Waals surface area contributed by atoms with Crippen molar-refractivity contribution >= 4 is 0 Å². The number of hydrogen-bond acceptors (Lipinski definition) is 1. The Morgan fingerprint density at radius 3 is 2.53 bits per heavy atom. The van der Waals surface area contributed by atoms with E-state index in [1.807, 2.05) is 17.9 Å². The summed E-state index contributed by atoms with van der Waals surface area (Å²) in [5, 5.41) is 0. The SMILES string of the molecule is Cc1ccc(CCCCCc2cn(C)cn2)c(C)c1. The van der Waals surface area contributed by atoms with Crippen LogP contribution in [0.1, 0.15) is 41.6 Å². The van der Waals surface area contributed by atoms with Gasteiger partial charge in [-0.1, -0.05) is 30.2 Å². The molecule has 0 atom stereocenters. The quantitative estimate of drug-likeness (QED) is 0.714. The van der Waals surface area contributed by atoms with E-state index in [0.29, 0.717) is 0 Å². The van der Waals surface area contributed by atoms with Crippen molar-refractivity contribution in [1.29, 1.82) is 0 Å². The first kappa shape index (κ1) is 13.9. The Morgan fingerprint density at radius 2 is 1.84 bits per heavy atom. The van der Waals surface area contributed by atoms with Crippen LogP contribution in [0.5, 0.6) is 0 Å². The number of nitrogens with zero attached hydrogens (tertiary/aromatic N) is 2. The summed E-state index contributed by atoms with van der Waals surface area (Å²) in [4.78, 5) is 4.36. The van der Waals surface area contributed by atoms with E-state index in [-0.39, 0.29) is 0 Å². The highest BCUT2D eigenvalue weighted by Crippen LogP contribution is 2.14. The maximum absolute atomic E-state index is 4.36. The fraction of sp³-hybridized carbons (Fsp3) is 0.471. The summed E-state index contributed by atoms with van der Waals surface area (Å²) in [7, 11) is 2.02. The molecule has 0 aliphatic rings. The molecule has 2 rings (SSSR count). The maximum atomic E-state index is 4.36. The van der Waals surface area contributed by atoms with Crippen LogP contribution in [0.25, 0.3) is 0 Å². The summed E-state index contributed by atoms with van der Waals surface area (Å²) >= 11 is 0. The molecule has 1 aromatic heterocycles. The Hall–Kier alpha value is -1.57. The number of imidazole rings is 1. The molecule has 1 heterocycles. The number of hydrogen-bond donors (Lipinski definition) is 0. The summed E-state index contributed by atoms with van der Waals surface area (Å²) in [6, 6.07) is 6.78. The van der Waals surface area contributed by atoms with Crippen LogP contribution in [0.4, 0.5) is 0 Å². The first-order valence-electron chi connectivity index (χ1n) is 7.18. The third-order valence-corrected chi connectivity index (χ3v) is 3.64. The number of unbranched alkanes of at least 4 members (excludes halogenated alkanes) is 2. The van der Waals surface area contributed by atoms with Gasteiger partial charge >= 0.3 is 0 Å². The zero-order valence-corrected chi connectivity index (χ0v) is 12.3. The second-order valence-corrected chi connectivity index (χ2v) is 5.52. The summed E-state index contributed by atoms with van der Waals surface area (Å²) in [5.74, 6) is 0. The Morgan fingerprint density at radius 1 is 1.05 bits per heavy atom. The normalized spacial score (nSPS) is 10.9. The van der Waals surface area contributed by atoms with E-state index in [4.69, 9.17) is 0 Å². The predicted octanol–water partition coefficient (Wildman–Crippen LogP) is 3.99. The van der Waals surface area contributed by atoms with E-state index < -0.39 is 0 Å². The number of aryl methyl sites for hydroxylation is 5. The second-order valence-electron chi connectivity index (χ2n) is 5.52. The lowest BCUT2D eigenvalue weighted by Crippen LogP contribution is -1.92. The molecule has 0 aliphatic heterocycles. The lowest BCUT2D eigenvalue weighted by Gasteiger charge is -2.06. The molecule has 0 amide bonds. The molecule has 0 unspecified atom stereocenters. The van der Waals surface area contributed by atoms with Crippen LogP contribution in [0.2, 0.25) is 0 Å². The van der Waals surface area contributed by atoms with Gasteiger partial charge in [-0.2, -0.15) is 0 Å². The van der Waals surface area contributed by atoms with E-state index >= 15 is 0 Å². The molecule has 2 heteroatoms. The fourth-order valence-corrected chi connectivity index (χ4v) is 2.52. The van der Waals surface area contributed by atoms with E-state index in [2.05, 4.69) is 43.2 Å². The van der Waals surface area contributed by atoms with Gasteiger partial charge < -0.3 is 4.57 Å². The molecule has 2 nitrogen and oxygen atoms in total. The molecular formula is C17H24N2. The monoisotopic (exact) mass is 256 g/mol. The zero-order chi connectivity index (χ0) is 13.7. The molecule has 102 valence electrons. The topological polar surface area (TPSA) is 17.8 Å². The van der Waals surface area contributed by atoms with Crippen molar-refractivity contribution in [2.45, 2.75) is 46.0 Å². The molecule has 1 aromatic carbocycles. The minimum atomic E-state index is 1.10. The Balaban J connectivity index is 1.69. The molecule has 0 saturated carbocycles. The molecule has 0 bridgehead atoms. The van der Waals surface area contributed by atoms with E-state index in [0.717, 1.165) is 6.42 Å². The molecule has 0 saturated heterocycles. The molecular weight excluding hydrogens is 232 g/mol. The highest BCUT2D eigenvalue weighted by atomic mass is 15.0. The average Bonchev–Trinajstić information content (AvgIpc) is 2.77. The zero-order valence-electron chi connectivity index (χ0n) is 12.3. The van der Waals surface area contributed by atoms with E-state index in [1.165, 1.54) is 48.1 Å². The van der Waals surface area contributed by atoms with Crippen LogP contribution >= 0.6 is 0 Å². The second kappa shape index (κ2) is 6.55.